The van der Waals surface area contributed by atoms with Crippen LogP contribution in [0.25, 0.3) is 104 Å². The molecule has 0 N–H and O–H groups in total. The van der Waals surface area contributed by atoms with Crippen LogP contribution >= 0.6 is 0 Å². The van der Waals surface area contributed by atoms with E-state index in [0.29, 0.717) is 0 Å². The number of rotatable bonds is 3. The van der Waals surface area contributed by atoms with Crippen molar-refractivity contribution in [2.24, 2.45) is 0 Å². The van der Waals surface area contributed by atoms with Gasteiger partial charge in [0.1, 0.15) is 11.2 Å². The van der Waals surface area contributed by atoms with Gasteiger partial charge in [-0.1, -0.05) is 133 Å². The number of hydrogen-bond acceptors (Lipinski definition) is 1. The molecule has 2 nitrogen and oxygen atoms in total. The Bertz CT molecular complexity index is 3110. The van der Waals surface area contributed by atoms with Gasteiger partial charge in [0.05, 0.1) is 16.7 Å². The molecule has 0 radical (unpaired) electrons. The predicted octanol–water partition coefficient (Wildman–Crippen LogP) is 13.5. The molecule has 11 aromatic rings. The number of furan rings is 1. The van der Waals surface area contributed by atoms with E-state index in [2.05, 4.69) is 174 Å². The van der Waals surface area contributed by atoms with Crippen molar-refractivity contribution in [1.82, 2.24) is 4.57 Å². The van der Waals surface area contributed by atoms with Gasteiger partial charge in [-0.15, -0.1) is 0 Å². The summed E-state index contributed by atoms with van der Waals surface area (Å²) in [5, 5.41) is 12.5. The SMILES string of the molecule is c1ccc(-c2cc(-n3c4ccccc4c4cc(-c5ccc6c7ccccc7c7ccccc7c6c5)ccc43)cc3oc4ccccc4c23)cc1. The molecule has 0 saturated heterocycles. The molecule has 2 heteroatoms. The summed E-state index contributed by atoms with van der Waals surface area (Å²) in [4.78, 5) is 0. The summed E-state index contributed by atoms with van der Waals surface area (Å²) in [5.74, 6) is 0. The first kappa shape index (κ1) is 27.3. The monoisotopic (exact) mass is 635 g/mol. The van der Waals surface area contributed by atoms with Crippen molar-refractivity contribution in [3.63, 3.8) is 0 Å². The highest BCUT2D eigenvalue weighted by molar-refractivity contribution is 6.26. The van der Waals surface area contributed by atoms with Gasteiger partial charge in [0.15, 0.2) is 0 Å². The molecular weight excluding hydrogens is 607 g/mol. The average Bonchev–Trinajstić information content (AvgIpc) is 3.73. The van der Waals surface area contributed by atoms with E-state index in [0.717, 1.165) is 27.6 Å². The van der Waals surface area contributed by atoms with Gasteiger partial charge < -0.3 is 8.98 Å². The van der Waals surface area contributed by atoms with Crippen LogP contribution in [-0.4, -0.2) is 4.57 Å². The number of fused-ring (bicyclic) bond motifs is 12. The van der Waals surface area contributed by atoms with Crippen LogP contribution in [-0.2, 0) is 0 Å². The molecule has 0 aliphatic rings. The number of hydrogen-bond donors (Lipinski definition) is 0. The molecule has 0 aliphatic heterocycles. The fraction of sp³-hybridized carbons (Fsp3) is 0. The first-order valence-corrected chi connectivity index (χ1v) is 17.2. The molecule has 0 bridgehead atoms. The normalized spacial score (nSPS) is 12.0. The van der Waals surface area contributed by atoms with Gasteiger partial charge in [0.2, 0.25) is 0 Å². The minimum atomic E-state index is 0.890. The van der Waals surface area contributed by atoms with Crippen LogP contribution in [0.15, 0.2) is 180 Å². The zero-order valence-electron chi connectivity index (χ0n) is 27.1. The lowest BCUT2D eigenvalue weighted by Crippen LogP contribution is -1.95. The predicted molar refractivity (Wildman–Crippen MR) is 211 cm³/mol. The Kier molecular flexibility index (Phi) is 5.70. The highest BCUT2D eigenvalue weighted by Crippen LogP contribution is 2.42. The third-order valence-corrected chi connectivity index (χ3v) is 10.6. The maximum Gasteiger partial charge on any atom is 0.138 e. The summed E-state index contributed by atoms with van der Waals surface area (Å²) in [6, 6.07) is 63.8. The van der Waals surface area contributed by atoms with Crippen molar-refractivity contribution >= 4 is 76.1 Å². The highest BCUT2D eigenvalue weighted by atomic mass is 16.3. The van der Waals surface area contributed by atoms with E-state index >= 15 is 0 Å². The maximum absolute atomic E-state index is 6.53. The fourth-order valence-electron chi connectivity index (χ4n) is 8.33. The van der Waals surface area contributed by atoms with E-state index in [1.807, 2.05) is 6.07 Å². The van der Waals surface area contributed by atoms with Crippen molar-refractivity contribution in [2.75, 3.05) is 0 Å². The maximum atomic E-state index is 6.53. The minimum Gasteiger partial charge on any atom is -0.456 e. The molecule has 0 aliphatic carbocycles. The fourth-order valence-corrected chi connectivity index (χ4v) is 8.33. The molecule has 0 fully saturated rings. The van der Waals surface area contributed by atoms with Crippen molar-refractivity contribution in [3.8, 4) is 27.9 Å². The van der Waals surface area contributed by atoms with Crippen LogP contribution in [0, 0.1) is 0 Å². The molecule has 0 spiro atoms. The van der Waals surface area contributed by atoms with Gasteiger partial charge in [-0.2, -0.15) is 0 Å². The molecule has 0 unspecified atom stereocenters. The molecule has 0 saturated carbocycles. The number of aromatic nitrogens is 1. The van der Waals surface area contributed by atoms with E-state index in [-0.39, 0.29) is 0 Å². The van der Waals surface area contributed by atoms with Gasteiger partial charge >= 0.3 is 0 Å². The molecule has 232 valence electrons. The molecule has 50 heavy (non-hydrogen) atoms. The van der Waals surface area contributed by atoms with Crippen LogP contribution < -0.4 is 0 Å². The number of benzene rings is 9. The van der Waals surface area contributed by atoms with E-state index < -0.39 is 0 Å². The van der Waals surface area contributed by atoms with E-state index in [9.17, 15) is 0 Å². The standard InChI is InChI=1S/C48H29NO/c1-2-12-30(13-3-1)41-28-33(29-47-48(41)40-19-9-11-21-46(40)50-47)49-44-20-10-8-18-39(44)43-27-32(23-25-45(43)49)31-22-24-38-36-16-5-4-14-34(36)35-15-6-7-17-37(35)42(38)26-31/h1-29H. The number of nitrogens with zero attached hydrogens (tertiary/aromatic N) is 1. The van der Waals surface area contributed by atoms with Crippen molar-refractivity contribution in [3.05, 3.63) is 176 Å². The van der Waals surface area contributed by atoms with Crippen molar-refractivity contribution in [1.29, 1.82) is 0 Å². The molecule has 2 heterocycles. The van der Waals surface area contributed by atoms with Gasteiger partial charge in [-0.3, -0.25) is 0 Å². The van der Waals surface area contributed by atoms with Gasteiger partial charge in [-0.25, -0.2) is 0 Å². The summed E-state index contributed by atoms with van der Waals surface area (Å²) in [6.45, 7) is 0. The molecular formula is C48H29NO. The molecule has 2 aromatic heterocycles. The molecule has 0 amide bonds. The Morgan fingerprint density at radius 3 is 1.60 bits per heavy atom. The first-order chi connectivity index (χ1) is 24.8. The van der Waals surface area contributed by atoms with E-state index in [1.165, 1.54) is 76.4 Å². The van der Waals surface area contributed by atoms with Crippen LogP contribution in [0.1, 0.15) is 0 Å². The quantitative estimate of drug-likeness (QED) is 0.177. The Balaban J connectivity index is 1.15. The highest BCUT2D eigenvalue weighted by Gasteiger charge is 2.19. The molecule has 11 rings (SSSR count). The largest absolute Gasteiger partial charge is 0.456 e. The Labute approximate surface area is 288 Å². The van der Waals surface area contributed by atoms with Crippen LogP contribution in [0.3, 0.4) is 0 Å². The summed E-state index contributed by atoms with van der Waals surface area (Å²) < 4.78 is 8.93. The average molecular weight is 636 g/mol. The lowest BCUT2D eigenvalue weighted by molar-refractivity contribution is 0.668. The summed E-state index contributed by atoms with van der Waals surface area (Å²) >= 11 is 0. The van der Waals surface area contributed by atoms with E-state index in [1.54, 1.807) is 0 Å². The second kappa shape index (κ2) is 10.4. The van der Waals surface area contributed by atoms with Gasteiger partial charge in [0, 0.05) is 27.6 Å². The van der Waals surface area contributed by atoms with Crippen LogP contribution in [0.2, 0.25) is 0 Å². The Morgan fingerprint density at radius 1 is 0.320 bits per heavy atom. The second-order valence-electron chi connectivity index (χ2n) is 13.3. The molecule has 0 atom stereocenters. The van der Waals surface area contributed by atoms with Crippen LogP contribution in [0.4, 0.5) is 0 Å². The minimum absolute atomic E-state index is 0.890. The number of para-hydroxylation sites is 2. The Morgan fingerprint density at radius 2 is 0.860 bits per heavy atom. The topological polar surface area (TPSA) is 18.1 Å². The van der Waals surface area contributed by atoms with E-state index in [4.69, 9.17) is 4.42 Å². The van der Waals surface area contributed by atoms with Crippen molar-refractivity contribution < 1.29 is 4.42 Å². The lowest BCUT2D eigenvalue weighted by atomic mass is 9.92. The van der Waals surface area contributed by atoms with Crippen molar-refractivity contribution in [2.45, 2.75) is 0 Å². The van der Waals surface area contributed by atoms with Crippen LogP contribution in [0.5, 0.6) is 0 Å². The second-order valence-corrected chi connectivity index (χ2v) is 13.3. The summed E-state index contributed by atoms with van der Waals surface area (Å²) in [6.07, 6.45) is 0. The molecule has 9 aromatic carbocycles. The zero-order valence-corrected chi connectivity index (χ0v) is 27.1. The van der Waals surface area contributed by atoms with Gasteiger partial charge in [0.25, 0.3) is 0 Å². The third-order valence-electron chi connectivity index (χ3n) is 10.6. The zero-order chi connectivity index (χ0) is 32.8. The smallest absolute Gasteiger partial charge is 0.138 e. The van der Waals surface area contributed by atoms with Gasteiger partial charge in [-0.05, 0) is 91.0 Å². The first-order valence-electron chi connectivity index (χ1n) is 17.2. The third kappa shape index (κ3) is 3.90. The summed E-state index contributed by atoms with van der Waals surface area (Å²) in [5.41, 5.74) is 9.97. The summed E-state index contributed by atoms with van der Waals surface area (Å²) in [7, 11) is 0. The lowest BCUT2D eigenvalue weighted by Gasteiger charge is -2.13. The Hall–Kier alpha value is -6.64.